The van der Waals surface area contributed by atoms with E-state index in [4.69, 9.17) is 10.6 Å². The van der Waals surface area contributed by atoms with Crippen LogP contribution in [0.1, 0.15) is 25.7 Å². The minimum atomic E-state index is -0.0854. The number of thioether (sulfide) groups is 1. The lowest BCUT2D eigenvalue weighted by molar-refractivity contribution is -0.121. The Kier molecular flexibility index (Phi) is 7.29. The highest BCUT2D eigenvalue weighted by atomic mass is 32.2. The average Bonchev–Trinajstić information content (AvgIpc) is 2.43. The van der Waals surface area contributed by atoms with Crippen LogP contribution in [0.3, 0.4) is 0 Å². The highest BCUT2D eigenvalue weighted by molar-refractivity contribution is 7.99. The molecule has 0 saturated heterocycles. The Morgan fingerprint density at radius 1 is 1.28 bits per heavy atom. The van der Waals surface area contributed by atoms with Crippen molar-refractivity contribution in [2.24, 2.45) is 5.84 Å². The number of ether oxygens (including phenoxy) is 1. The fourth-order valence-corrected chi connectivity index (χ4v) is 2.41. The van der Waals surface area contributed by atoms with Gasteiger partial charge in [0.05, 0.1) is 7.11 Å². The molecule has 0 aliphatic rings. The Morgan fingerprint density at radius 2 is 2.00 bits per heavy atom. The van der Waals surface area contributed by atoms with Gasteiger partial charge in [-0.1, -0.05) is 6.42 Å². The fourth-order valence-electron chi connectivity index (χ4n) is 1.50. The average molecular weight is 268 g/mol. The van der Waals surface area contributed by atoms with Gasteiger partial charge in [-0.3, -0.25) is 10.2 Å². The van der Waals surface area contributed by atoms with Crippen molar-refractivity contribution >= 4 is 17.7 Å². The van der Waals surface area contributed by atoms with Crippen molar-refractivity contribution < 1.29 is 9.53 Å². The van der Waals surface area contributed by atoms with Crippen molar-refractivity contribution in [3.05, 3.63) is 24.3 Å². The van der Waals surface area contributed by atoms with Crippen LogP contribution in [0.4, 0.5) is 0 Å². The smallest absolute Gasteiger partial charge is 0.233 e. The van der Waals surface area contributed by atoms with E-state index in [-0.39, 0.29) is 5.91 Å². The van der Waals surface area contributed by atoms with Crippen molar-refractivity contribution in [1.82, 2.24) is 5.43 Å². The Labute approximate surface area is 112 Å². The van der Waals surface area contributed by atoms with E-state index < -0.39 is 0 Å². The molecular weight excluding hydrogens is 248 g/mol. The van der Waals surface area contributed by atoms with Gasteiger partial charge in [0.15, 0.2) is 0 Å². The van der Waals surface area contributed by atoms with Crippen molar-refractivity contribution in [3.63, 3.8) is 0 Å². The second kappa shape index (κ2) is 8.83. The highest BCUT2D eigenvalue weighted by Gasteiger charge is 1.99. The number of hydrazine groups is 1. The first-order valence-electron chi connectivity index (χ1n) is 6.02. The molecule has 3 N–H and O–H groups in total. The zero-order chi connectivity index (χ0) is 13.2. The first-order valence-corrected chi connectivity index (χ1v) is 7.01. The number of unbranched alkanes of at least 4 members (excludes halogenated alkanes) is 2. The monoisotopic (exact) mass is 268 g/mol. The summed E-state index contributed by atoms with van der Waals surface area (Å²) >= 11 is 1.82. The quantitative estimate of drug-likeness (QED) is 0.250. The van der Waals surface area contributed by atoms with Gasteiger partial charge in [-0.15, -0.1) is 11.8 Å². The van der Waals surface area contributed by atoms with E-state index in [0.717, 1.165) is 30.8 Å². The third kappa shape index (κ3) is 5.93. The van der Waals surface area contributed by atoms with E-state index >= 15 is 0 Å². The maximum atomic E-state index is 10.9. The van der Waals surface area contributed by atoms with Gasteiger partial charge in [0.25, 0.3) is 0 Å². The molecule has 0 bridgehead atoms. The normalized spacial score (nSPS) is 10.1. The van der Waals surface area contributed by atoms with Gasteiger partial charge in [-0.25, -0.2) is 5.84 Å². The van der Waals surface area contributed by atoms with Crippen LogP contribution in [-0.4, -0.2) is 18.8 Å². The molecule has 0 unspecified atom stereocenters. The van der Waals surface area contributed by atoms with E-state index in [1.54, 1.807) is 7.11 Å². The van der Waals surface area contributed by atoms with Crippen LogP contribution < -0.4 is 16.0 Å². The second-order valence-corrected chi connectivity index (χ2v) is 5.07. The molecule has 1 aromatic rings. The van der Waals surface area contributed by atoms with E-state index in [0.29, 0.717) is 6.42 Å². The van der Waals surface area contributed by atoms with Gasteiger partial charge >= 0.3 is 0 Å². The third-order valence-electron chi connectivity index (χ3n) is 2.54. The van der Waals surface area contributed by atoms with E-state index in [2.05, 4.69) is 17.6 Å². The molecule has 4 nitrogen and oxygen atoms in total. The number of nitrogens with one attached hydrogen (secondary N) is 1. The third-order valence-corrected chi connectivity index (χ3v) is 3.64. The molecule has 0 fully saturated rings. The first-order chi connectivity index (χ1) is 8.76. The summed E-state index contributed by atoms with van der Waals surface area (Å²) in [6.07, 6.45) is 3.57. The molecule has 18 heavy (non-hydrogen) atoms. The van der Waals surface area contributed by atoms with Crippen LogP contribution >= 0.6 is 11.8 Å². The van der Waals surface area contributed by atoms with Crippen LogP contribution in [0, 0.1) is 0 Å². The van der Waals surface area contributed by atoms with E-state index in [9.17, 15) is 4.79 Å². The summed E-state index contributed by atoms with van der Waals surface area (Å²) in [4.78, 5) is 12.1. The minimum absolute atomic E-state index is 0.0854. The number of hydrogen-bond acceptors (Lipinski definition) is 4. The largest absolute Gasteiger partial charge is 0.497 e. The van der Waals surface area contributed by atoms with E-state index in [1.807, 2.05) is 23.9 Å². The molecule has 0 heterocycles. The molecule has 0 aromatic heterocycles. The molecule has 0 radical (unpaired) electrons. The van der Waals surface area contributed by atoms with Crippen molar-refractivity contribution in [3.8, 4) is 5.75 Å². The van der Waals surface area contributed by atoms with Crippen LogP contribution in [0.15, 0.2) is 29.2 Å². The maximum absolute atomic E-state index is 10.9. The Bertz CT molecular complexity index is 355. The van der Waals surface area contributed by atoms with Gasteiger partial charge < -0.3 is 4.74 Å². The SMILES string of the molecule is COc1ccc(SCCCCCC(=O)NN)cc1. The van der Waals surface area contributed by atoms with Crippen molar-refractivity contribution in [2.45, 2.75) is 30.6 Å². The van der Waals surface area contributed by atoms with Gasteiger partial charge in [-0.2, -0.15) is 0 Å². The van der Waals surface area contributed by atoms with Crippen molar-refractivity contribution in [1.29, 1.82) is 0 Å². The summed E-state index contributed by atoms with van der Waals surface area (Å²) in [7, 11) is 1.67. The number of rotatable bonds is 8. The summed E-state index contributed by atoms with van der Waals surface area (Å²) in [6, 6.07) is 8.05. The summed E-state index contributed by atoms with van der Waals surface area (Å²) < 4.78 is 5.10. The van der Waals surface area contributed by atoms with Gasteiger partial charge in [0.1, 0.15) is 5.75 Å². The molecule has 0 saturated carbocycles. The summed E-state index contributed by atoms with van der Waals surface area (Å²) in [6.45, 7) is 0. The molecule has 1 rings (SSSR count). The lowest BCUT2D eigenvalue weighted by Crippen LogP contribution is -2.29. The minimum Gasteiger partial charge on any atom is -0.497 e. The van der Waals surface area contributed by atoms with Gasteiger partial charge in [0, 0.05) is 11.3 Å². The number of hydrogen-bond donors (Lipinski definition) is 2. The number of amides is 1. The molecule has 0 aliphatic heterocycles. The van der Waals surface area contributed by atoms with Crippen LogP contribution in [0.25, 0.3) is 0 Å². The highest BCUT2D eigenvalue weighted by Crippen LogP contribution is 2.22. The van der Waals surface area contributed by atoms with E-state index in [1.165, 1.54) is 4.90 Å². The molecule has 0 spiro atoms. The maximum Gasteiger partial charge on any atom is 0.233 e. The number of carbonyl (C=O) groups excluding carboxylic acids is 1. The summed E-state index contributed by atoms with van der Waals surface area (Å²) in [5.74, 6) is 6.86. The summed E-state index contributed by atoms with van der Waals surface area (Å²) in [5, 5.41) is 0. The topological polar surface area (TPSA) is 64.3 Å². The number of nitrogens with two attached hydrogens (primary N) is 1. The molecule has 100 valence electrons. The fraction of sp³-hybridized carbons (Fsp3) is 0.462. The molecular formula is C13H20N2O2S. The van der Waals surface area contributed by atoms with Crippen molar-refractivity contribution in [2.75, 3.05) is 12.9 Å². The van der Waals surface area contributed by atoms with Crippen LogP contribution in [0.2, 0.25) is 0 Å². The van der Waals surface area contributed by atoms with Gasteiger partial charge in [0.2, 0.25) is 5.91 Å². The number of methoxy groups -OCH3 is 1. The summed E-state index contributed by atoms with van der Waals surface area (Å²) in [5.41, 5.74) is 2.14. The Morgan fingerprint density at radius 3 is 2.61 bits per heavy atom. The molecule has 1 aromatic carbocycles. The van der Waals surface area contributed by atoms with Crippen LogP contribution in [-0.2, 0) is 4.79 Å². The first kappa shape index (κ1) is 14.9. The lowest BCUT2D eigenvalue weighted by atomic mass is 10.2. The zero-order valence-corrected chi connectivity index (χ0v) is 11.5. The number of carbonyl (C=O) groups is 1. The molecule has 1 amide bonds. The molecule has 0 aliphatic carbocycles. The predicted molar refractivity (Wildman–Crippen MR) is 74.5 cm³/mol. The zero-order valence-electron chi connectivity index (χ0n) is 10.6. The standard InChI is InChI=1S/C13H20N2O2S/c1-17-11-6-8-12(9-7-11)18-10-4-2-3-5-13(16)15-14/h6-9H,2-5,10,14H2,1H3,(H,15,16). The predicted octanol–water partition coefficient (Wildman–Crippen LogP) is 2.34. The van der Waals surface area contributed by atoms with Gasteiger partial charge in [-0.05, 0) is 42.9 Å². The van der Waals surface area contributed by atoms with Crippen LogP contribution in [0.5, 0.6) is 5.75 Å². The number of benzene rings is 1. The molecule has 0 atom stereocenters. The second-order valence-electron chi connectivity index (χ2n) is 3.90. The Balaban J connectivity index is 2.08. The Hall–Kier alpha value is -1.20. The lowest BCUT2D eigenvalue weighted by Gasteiger charge is -2.03. The molecule has 5 heteroatoms.